The molecule has 1 aromatic rings. The Morgan fingerprint density at radius 1 is 1.17 bits per heavy atom. The Morgan fingerprint density at radius 2 is 1.92 bits per heavy atom. The minimum absolute atomic E-state index is 0.0390. The Kier molecular flexibility index (Phi) is 5.94. The van der Waals surface area contributed by atoms with Crippen LogP contribution in [0.1, 0.15) is 61.9 Å². The number of nitrogens with zero attached hydrogens (tertiary/aromatic N) is 1. The van der Waals surface area contributed by atoms with E-state index in [1.807, 2.05) is 0 Å². The number of amides is 2. The van der Waals surface area contributed by atoms with Gasteiger partial charge in [-0.2, -0.15) is 0 Å². The van der Waals surface area contributed by atoms with Gasteiger partial charge >= 0.3 is 0 Å². The number of carbonyl (C=O) groups excluding carboxylic acids is 2. The van der Waals surface area contributed by atoms with E-state index in [4.69, 9.17) is 4.42 Å². The monoisotopic (exact) mass is 332 g/mol. The highest BCUT2D eigenvalue weighted by Crippen LogP contribution is 2.28. The zero-order valence-electron chi connectivity index (χ0n) is 14.3. The van der Waals surface area contributed by atoms with E-state index in [1.165, 1.54) is 38.4 Å². The maximum absolute atomic E-state index is 12.3. The van der Waals surface area contributed by atoms with Crippen molar-refractivity contribution < 1.29 is 14.0 Å². The molecule has 2 aliphatic rings. The second-order valence-electron chi connectivity index (χ2n) is 7.13. The van der Waals surface area contributed by atoms with Crippen LogP contribution in [0.4, 0.5) is 0 Å². The molecule has 2 amide bonds. The predicted molar refractivity (Wildman–Crippen MR) is 91.5 cm³/mol. The summed E-state index contributed by atoms with van der Waals surface area (Å²) in [6, 6.07) is 3.41. The molecule has 0 bridgehead atoms. The molecule has 0 spiro atoms. The zero-order chi connectivity index (χ0) is 16.8. The van der Waals surface area contributed by atoms with Crippen molar-refractivity contribution in [1.29, 1.82) is 0 Å². The van der Waals surface area contributed by atoms with E-state index in [9.17, 15) is 9.59 Å². The highest BCUT2D eigenvalue weighted by atomic mass is 16.3. The highest BCUT2D eigenvalue weighted by molar-refractivity contribution is 5.91. The van der Waals surface area contributed by atoms with Gasteiger partial charge in [-0.1, -0.05) is 25.7 Å². The fourth-order valence-corrected chi connectivity index (χ4v) is 3.95. The molecule has 2 fully saturated rings. The second-order valence-corrected chi connectivity index (χ2v) is 7.13. The van der Waals surface area contributed by atoms with E-state index in [0.717, 1.165) is 31.7 Å². The standard InChI is InChI=1S/C19H28N2O3/c22-18(20-11-3-7-15-5-1-2-6-15)16-9-12-21(13-10-16)19(23)17-8-4-14-24-17/h4,8,14-16H,1-3,5-7,9-13H2,(H,20,22). The van der Waals surface area contributed by atoms with Crippen LogP contribution in [0.5, 0.6) is 0 Å². The molecule has 1 saturated heterocycles. The summed E-state index contributed by atoms with van der Waals surface area (Å²) < 4.78 is 5.16. The van der Waals surface area contributed by atoms with E-state index in [0.29, 0.717) is 18.8 Å². The molecular weight excluding hydrogens is 304 g/mol. The van der Waals surface area contributed by atoms with E-state index in [1.54, 1.807) is 17.0 Å². The molecule has 0 radical (unpaired) electrons. The van der Waals surface area contributed by atoms with Crippen molar-refractivity contribution in [2.75, 3.05) is 19.6 Å². The molecule has 1 aliphatic carbocycles. The summed E-state index contributed by atoms with van der Waals surface area (Å²) in [6.45, 7) is 2.04. The van der Waals surface area contributed by atoms with Crippen LogP contribution in [0, 0.1) is 11.8 Å². The van der Waals surface area contributed by atoms with Crippen LogP contribution in [0.25, 0.3) is 0 Å². The molecule has 1 aliphatic heterocycles. The summed E-state index contributed by atoms with van der Waals surface area (Å²) >= 11 is 0. The molecule has 5 heteroatoms. The van der Waals surface area contributed by atoms with Crippen LogP contribution in [0.15, 0.2) is 22.8 Å². The number of hydrogen-bond donors (Lipinski definition) is 1. The molecular formula is C19H28N2O3. The summed E-state index contributed by atoms with van der Waals surface area (Å²) in [7, 11) is 0. The number of nitrogens with one attached hydrogen (secondary N) is 1. The molecule has 132 valence electrons. The molecule has 5 nitrogen and oxygen atoms in total. The third-order valence-corrected chi connectivity index (χ3v) is 5.45. The fourth-order valence-electron chi connectivity index (χ4n) is 3.95. The van der Waals surface area contributed by atoms with Gasteiger partial charge in [-0.15, -0.1) is 0 Å². The summed E-state index contributed by atoms with van der Waals surface area (Å²) in [6.07, 6.45) is 10.8. The highest BCUT2D eigenvalue weighted by Gasteiger charge is 2.28. The van der Waals surface area contributed by atoms with E-state index >= 15 is 0 Å². The normalized spacial score (nSPS) is 19.6. The second kappa shape index (κ2) is 8.36. The van der Waals surface area contributed by atoms with Crippen LogP contribution in [-0.4, -0.2) is 36.3 Å². The fraction of sp³-hybridized carbons (Fsp3) is 0.684. The summed E-state index contributed by atoms with van der Waals surface area (Å²) in [5.74, 6) is 1.39. The lowest BCUT2D eigenvalue weighted by Gasteiger charge is -2.30. The van der Waals surface area contributed by atoms with Crippen molar-refractivity contribution in [2.45, 2.75) is 51.4 Å². The molecule has 0 atom stereocenters. The van der Waals surface area contributed by atoms with Crippen molar-refractivity contribution in [3.8, 4) is 0 Å². The Balaban J connectivity index is 1.33. The first-order valence-corrected chi connectivity index (χ1v) is 9.34. The van der Waals surface area contributed by atoms with Gasteiger partial charge in [0.25, 0.3) is 5.91 Å². The van der Waals surface area contributed by atoms with Gasteiger partial charge in [-0.25, -0.2) is 0 Å². The molecule has 1 aromatic heterocycles. The number of rotatable bonds is 6. The average Bonchev–Trinajstić information content (AvgIpc) is 3.31. The van der Waals surface area contributed by atoms with E-state index < -0.39 is 0 Å². The van der Waals surface area contributed by atoms with Gasteiger partial charge in [0.15, 0.2) is 5.76 Å². The largest absolute Gasteiger partial charge is 0.459 e. The smallest absolute Gasteiger partial charge is 0.289 e. The van der Waals surface area contributed by atoms with Gasteiger partial charge < -0.3 is 14.6 Å². The van der Waals surface area contributed by atoms with Crippen molar-refractivity contribution in [1.82, 2.24) is 10.2 Å². The van der Waals surface area contributed by atoms with Crippen molar-refractivity contribution in [3.63, 3.8) is 0 Å². The molecule has 3 rings (SSSR count). The SMILES string of the molecule is O=C(NCCCC1CCCC1)C1CCN(C(=O)c2ccco2)CC1. The average molecular weight is 332 g/mol. The Hall–Kier alpha value is -1.78. The Morgan fingerprint density at radius 3 is 2.58 bits per heavy atom. The van der Waals surface area contributed by atoms with Gasteiger partial charge in [0.05, 0.1) is 6.26 Å². The van der Waals surface area contributed by atoms with E-state index in [-0.39, 0.29) is 17.7 Å². The van der Waals surface area contributed by atoms with Crippen LogP contribution in [-0.2, 0) is 4.79 Å². The number of carbonyl (C=O) groups is 2. The summed E-state index contributed by atoms with van der Waals surface area (Å²) in [4.78, 5) is 26.3. The van der Waals surface area contributed by atoms with Gasteiger partial charge in [0.2, 0.25) is 5.91 Å². The van der Waals surface area contributed by atoms with Gasteiger partial charge in [0, 0.05) is 25.6 Å². The van der Waals surface area contributed by atoms with Crippen LogP contribution in [0.3, 0.4) is 0 Å². The Bertz CT molecular complexity index is 527. The van der Waals surface area contributed by atoms with Crippen molar-refractivity contribution in [3.05, 3.63) is 24.2 Å². The van der Waals surface area contributed by atoms with Crippen LogP contribution >= 0.6 is 0 Å². The minimum Gasteiger partial charge on any atom is -0.459 e. The lowest BCUT2D eigenvalue weighted by atomic mass is 9.95. The summed E-state index contributed by atoms with van der Waals surface area (Å²) in [5.41, 5.74) is 0. The van der Waals surface area contributed by atoms with Crippen molar-refractivity contribution in [2.24, 2.45) is 11.8 Å². The minimum atomic E-state index is -0.0737. The number of furan rings is 1. The van der Waals surface area contributed by atoms with Gasteiger partial charge in [-0.05, 0) is 43.7 Å². The maximum atomic E-state index is 12.3. The lowest BCUT2D eigenvalue weighted by Crippen LogP contribution is -2.43. The topological polar surface area (TPSA) is 62.6 Å². The molecule has 1 N–H and O–H groups in total. The van der Waals surface area contributed by atoms with Crippen LogP contribution < -0.4 is 5.32 Å². The van der Waals surface area contributed by atoms with E-state index in [2.05, 4.69) is 5.32 Å². The molecule has 0 unspecified atom stereocenters. The first kappa shape index (κ1) is 17.1. The molecule has 1 saturated carbocycles. The maximum Gasteiger partial charge on any atom is 0.289 e. The van der Waals surface area contributed by atoms with Crippen molar-refractivity contribution >= 4 is 11.8 Å². The first-order valence-electron chi connectivity index (χ1n) is 9.34. The number of likely N-dealkylation sites (tertiary alicyclic amines) is 1. The predicted octanol–water partition coefficient (Wildman–Crippen LogP) is 3.22. The molecule has 24 heavy (non-hydrogen) atoms. The molecule has 0 aromatic carbocycles. The zero-order valence-corrected chi connectivity index (χ0v) is 14.3. The van der Waals surface area contributed by atoms with Gasteiger partial charge in [-0.3, -0.25) is 9.59 Å². The Labute approximate surface area is 143 Å². The number of piperidine rings is 1. The first-order chi connectivity index (χ1) is 11.7. The van der Waals surface area contributed by atoms with Gasteiger partial charge in [0.1, 0.15) is 0 Å². The lowest BCUT2D eigenvalue weighted by molar-refractivity contribution is -0.126. The van der Waals surface area contributed by atoms with Crippen LogP contribution in [0.2, 0.25) is 0 Å². The summed E-state index contributed by atoms with van der Waals surface area (Å²) in [5, 5.41) is 3.09. The third-order valence-electron chi connectivity index (χ3n) is 5.45. The third kappa shape index (κ3) is 4.40. The molecule has 2 heterocycles. The quantitative estimate of drug-likeness (QED) is 0.814. The number of hydrogen-bond acceptors (Lipinski definition) is 3.